The third kappa shape index (κ3) is 0.676. The van der Waals surface area contributed by atoms with Gasteiger partial charge in [-0.15, -0.1) is 11.3 Å². The molecule has 3 rings (SSSR count). The summed E-state index contributed by atoms with van der Waals surface area (Å²) >= 11 is 1.79. The minimum absolute atomic E-state index is 1.27. The summed E-state index contributed by atoms with van der Waals surface area (Å²) in [4.78, 5) is 3.26. The first-order chi connectivity index (χ1) is 5.95. The molecule has 0 aliphatic heterocycles. The Morgan fingerprint density at radius 3 is 2.92 bits per heavy atom. The van der Waals surface area contributed by atoms with E-state index in [1.54, 1.807) is 11.3 Å². The molecule has 0 radical (unpaired) electrons. The molecule has 1 nitrogen and oxygen atoms in total. The highest BCUT2D eigenvalue weighted by atomic mass is 32.1. The fourth-order valence-corrected chi connectivity index (χ4v) is 2.47. The van der Waals surface area contributed by atoms with E-state index in [1.165, 1.54) is 21.0 Å². The van der Waals surface area contributed by atoms with Crippen LogP contribution in [0.4, 0.5) is 0 Å². The Labute approximate surface area is 73.6 Å². The van der Waals surface area contributed by atoms with E-state index in [-0.39, 0.29) is 0 Å². The Bertz CT molecular complexity index is 483. The molecule has 0 fully saturated rings. The number of H-pyrrole nitrogens is 1. The van der Waals surface area contributed by atoms with Crippen LogP contribution in [-0.4, -0.2) is 4.98 Å². The molecule has 58 valence electrons. The molecule has 0 amide bonds. The lowest BCUT2D eigenvalue weighted by molar-refractivity contribution is 1.49. The average Bonchev–Trinajstić information content (AvgIpc) is 2.71. The number of aromatic nitrogens is 1. The summed E-state index contributed by atoms with van der Waals surface area (Å²) in [5.74, 6) is 0. The van der Waals surface area contributed by atoms with Crippen molar-refractivity contribution in [2.24, 2.45) is 0 Å². The molecule has 0 bridgehead atoms. The maximum atomic E-state index is 3.26. The van der Waals surface area contributed by atoms with Gasteiger partial charge >= 0.3 is 0 Å². The highest BCUT2D eigenvalue weighted by Crippen LogP contribution is 2.28. The lowest BCUT2D eigenvalue weighted by atomic mass is 10.2. The number of hydrogen-bond acceptors (Lipinski definition) is 1. The number of aromatic amines is 1. The fraction of sp³-hybridized carbons (Fsp3) is 0. The molecular formula is C10H7NS. The molecule has 0 unspecified atom stereocenters. The summed E-state index contributed by atoms with van der Waals surface area (Å²) in [7, 11) is 0. The third-order valence-corrected chi connectivity index (χ3v) is 3.09. The van der Waals surface area contributed by atoms with Crippen molar-refractivity contribution in [1.29, 1.82) is 0 Å². The summed E-state index contributed by atoms with van der Waals surface area (Å²) in [6, 6.07) is 8.58. The van der Waals surface area contributed by atoms with E-state index in [2.05, 4.69) is 34.6 Å². The van der Waals surface area contributed by atoms with E-state index in [9.17, 15) is 0 Å². The summed E-state index contributed by atoms with van der Waals surface area (Å²) in [5, 5.41) is 4.75. The first-order valence-corrected chi connectivity index (χ1v) is 4.76. The van der Waals surface area contributed by atoms with Gasteiger partial charge in [-0.05, 0) is 22.9 Å². The van der Waals surface area contributed by atoms with Crippen LogP contribution in [0.15, 0.2) is 35.8 Å². The Hall–Kier alpha value is -1.28. The minimum Gasteiger partial charge on any atom is -0.360 e. The summed E-state index contributed by atoms with van der Waals surface area (Å²) in [5.41, 5.74) is 1.27. The zero-order valence-electron chi connectivity index (χ0n) is 6.37. The van der Waals surface area contributed by atoms with Gasteiger partial charge in [-0.1, -0.05) is 12.1 Å². The van der Waals surface area contributed by atoms with Crippen molar-refractivity contribution in [3.05, 3.63) is 35.8 Å². The lowest BCUT2D eigenvalue weighted by Crippen LogP contribution is -1.66. The largest absolute Gasteiger partial charge is 0.360 e. The second-order valence-electron chi connectivity index (χ2n) is 2.85. The van der Waals surface area contributed by atoms with E-state index >= 15 is 0 Å². The van der Waals surface area contributed by atoms with Crippen LogP contribution in [0, 0.1) is 0 Å². The number of rotatable bonds is 0. The first kappa shape index (κ1) is 6.26. The Kier molecular flexibility index (Phi) is 1.10. The molecule has 0 saturated carbocycles. The quantitative estimate of drug-likeness (QED) is 0.536. The molecule has 0 atom stereocenters. The van der Waals surface area contributed by atoms with E-state index in [1.807, 2.05) is 6.20 Å². The van der Waals surface area contributed by atoms with Gasteiger partial charge in [-0.2, -0.15) is 0 Å². The van der Waals surface area contributed by atoms with E-state index in [0.29, 0.717) is 0 Å². The van der Waals surface area contributed by atoms with Crippen LogP contribution in [-0.2, 0) is 0 Å². The maximum Gasteiger partial charge on any atom is 0.0635 e. The predicted octanol–water partition coefficient (Wildman–Crippen LogP) is 3.38. The third-order valence-electron chi connectivity index (χ3n) is 2.14. The molecule has 1 aromatic carbocycles. The lowest BCUT2D eigenvalue weighted by Gasteiger charge is -1.90. The molecule has 3 aromatic rings. The van der Waals surface area contributed by atoms with Crippen molar-refractivity contribution >= 4 is 32.3 Å². The predicted molar refractivity (Wildman–Crippen MR) is 53.7 cm³/mol. The molecule has 2 heteroatoms. The fourth-order valence-electron chi connectivity index (χ4n) is 1.55. The van der Waals surface area contributed by atoms with Crippen molar-refractivity contribution in [1.82, 2.24) is 4.98 Å². The SMILES string of the molecule is c1cc2ccc3ccsc3c2[nH]1. The van der Waals surface area contributed by atoms with Crippen molar-refractivity contribution in [2.45, 2.75) is 0 Å². The number of fused-ring (bicyclic) bond motifs is 3. The molecule has 2 aromatic heterocycles. The standard InChI is InChI=1S/C10H7NS/c1-2-8-4-6-12-10(8)9-7(1)3-5-11-9/h1-6,11H. The molecule has 2 heterocycles. The van der Waals surface area contributed by atoms with Gasteiger partial charge in [0.05, 0.1) is 10.2 Å². The van der Waals surface area contributed by atoms with Gasteiger partial charge in [0, 0.05) is 11.6 Å². The van der Waals surface area contributed by atoms with Crippen LogP contribution in [0.25, 0.3) is 21.0 Å². The molecule has 0 aliphatic carbocycles. The van der Waals surface area contributed by atoms with E-state index in [4.69, 9.17) is 0 Å². The van der Waals surface area contributed by atoms with Crippen molar-refractivity contribution in [2.75, 3.05) is 0 Å². The normalized spacial score (nSPS) is 11.3. The monoisotopic (exact) mass is 173 g/mol. The van der Waals surface area contributed by atoms with Crippen LogP contribution in [0.3, 0.4) is 0 Å². The van der Waals surface area contributed by atoms with E-state index < -0.39 is 0 Å². The maximum absolute atomic E-state index is 3.26. The smallest absolute Gasteiger partial charge is 0.0635 e. The molecule has 0 aliphatic rings. The van der Waals surface area contributed by atoms with Gasteiger partial charge in [0.1, 0.15) is 0 Å². The molecule has 1 N–H and O–H groups in total. The number of thiophene rings is 1. The average molecular weight is 173 g/mol. The molecular weight excluding hydrogens is 166 g/mol. The highest BCUT2D eigenvalue weighted by Gasteiger charge is 2.00. The van der Waals surface area contributed by atoms with Gasteiger partial charge < -0.3 is 4.98 Å². The van der Waals surface area contributed by atoms with Gasteiger partial charge in [-0.25, -0.2) is 0 Å². The van der Waals surface area contributed by atoms with Gasteiger partial charge in [-0.3, -0.25) is 0 Å². The van der Waals surface area contributed by atoms with Crippen LogP contribution >= 0.6 is 11.3 Å². The Balaban J connectivity index is 2.71. The van der Waals surface area contributed by atoms with Crippen molar-refractivity contribution < 1.29 is 0 Å². The van der Waals surface area contributed by atoms with Crippen LogP contribution in [0.2, 0.25) is 0 Å². The summed E-state index contributed by atoms with van der Waals surface area (Å²) in [6.45, 7) is 0. The van der Waals surface area contributed by atoms with Crippen molar-refractivity contribution in [3.63, 3.8) is 0 Å². The highest BCUT2D eigenvalue weighted by molar-refractivity contribution is 7.18. The Morgan fingerprint density at radius 1 is 1.00 bits per heavy atom. The minimum atomic E-state index is 1.27. The molecule has 0 spiro atoms. The molecule has 12 heavy (non-hydrogen) atoms. The Morgan fingerprint density at radius 2 is 1.92 bits per heavy atom. The van der Waals surface area contributed by atoms with E-state index in [0.717, 1.165) is 0 Å². The summed E-state index contributed by atoms with van der Waals surface area (Å²) < 4.78 is 1.36. The summed E-state index contributed by atoms with van der Waals surface area (Å²) in [6.07, 6.45) is 1.99. The zero-order valence-corrected chi connectivity index (χ0v) is 7.19. The van der Waals surface area contributed by atoms with Gasteiger partial charge in [0.15, 0.2) is 0 Å². The number of hydrogen-bond donors (Lipinski definition) is 1. The second-order valence-corrected chi connectivity index (χ2v) is 3.76. The zero-order chi connectivity index (χ0) is 7.97. The van der Waals surface area contributed by atoms with Crippen LogP contribution in [0.5, 0.6) is 0 Å². The van der Waals surface area contributed by atoms with Gasteiger partial charge in [0.2, 0.25) is 0 Å². The number of nitrogens with one attached hydrogen (secondary N) is 1. The topological polar surface area (TPSA) is 15.8 Å². The first-order valence-electron chi connectivity index (χ1n) is 3.88. The van der Waals surface area contributed by atoms with Crippen LogP contribution < -0.4 is 0 Å². The number of benzene rings is 1. The van der Waals surface area contributed by atoms with Crippen LogP contribution in [0.1, 0.15) is 0 Å². The van der Waals surface area contributed by atoms with Crippen molar-refractivity contribution in [3.8, 4) is 0 Å². The second kappa shape index (κ2) is 2.11. The van der Waals surface area contributed by atoms with Gasteiger partial charge in [0.25, 0.3) is 0 Å². The molecule has 0 saturated heterocycles.